The van der Waals surface area contributed by atoms with Crippen LogP contribution in [-0.2, 0) is 0 Å². The Hall–Kier alpha value is -7.49. The quantitative estimate of drug-likeness (QED) is 0.157. The lowest BCUT2D eigenvalue weighted by Gasteiger charge is -2.25. The molecule has 3 nitrogen and oxygen atoms in total. The number of aromatic nitrogens is 1. The Kier molecular flexibility index (Phi) is 8.51. The normalized spacial score (nSPS) is 11.2. The van der Waals surface area contributed by atoms with Crippen LogP contribution in [0.3, 0.4) is 0 Å². The van der Waals surface area contributed by atoms with Gasteiger partial charge in [0.25, 0.3) is 0 Å². The highest BCUT2D eigenvalue weighted by atomic mass is 16.3. The number of oxazole rings is 1. The largest absolute Gasteiger partial charge is 0.436 e. The molecule has 0 N–H and O–H groups in total. The number of fused-ring (bicyclic) bond motifs is 2. The summed E-state index contributed by atoms with van der Waals surface area (Å²) in [7, 11) is 0. The minimum absolute atomic E-state index is 0.613. The monoisotopic (exact) mass is 716 g/mol. The number of hydrogen-bond acceptors (Lipinski definition) is 3. The topological polar surface area (TPSA) is 29.3 Å². The molecular formula is C53H36N2O. The number of nitrogens with zero attached hydrogens (tertiary/aromatic N) is 2. The summed E-state index contributed by atoms with van der Waals surface area (Å²) in [6.45, 7) is 0. The maximum Gasteiger partial charge on any atom is 0.227 e. The van der Waals surface area contributed by atoms with Crippen molar-refractivity contribution in [1.29, 1.82) is 0 Å². The van der Waals surface area contributed by atoms with E-state index in [4.69, 9.17) is 9.40 Å². The van der Waals surface area contributed by atoms with E-state index in [1.807, 2.05) is 0 Å². The minimum Gasteiger partial charge on any atom is -0.436 e. The first-order valence-electron chi connectivity index (χ1n) is 19.0. The average molecular weight is 717 g/mol. The Labute approximate surface area is 326 Å². The van der Waals surface area contributed by atoms with Gasteiger partial charge in [-0.05, 0) is 116 Å². The molecule has 0 atom stereocenters. The van der Waals surface area contributed by atoms with Crippen molar-refractivity contribution < 1.29 is 4.42 Å². The molecule has 0 saturated carbocycles. The second-order valence-electron chi connectivity index (χ2n) is 14.0. The zero-order chi connectivity index (χ0) is 37.3. The van der Waals surface area contributed by atoms with Crippen molar-refractivity contribution in [2.24, 2.45) is 0 Å². The van der Waals surface area contributed by atoms with Crippen molar-refractivity contribution in [3.8, 4) is 56.0 Å². The van der Waals surface area contributed by atoms with Gasteiger partial charge in [-0.3, -0.25) is 0 Å². The Bertz CT molecular complexity index is 2900. The van der Waals surface area contributed by atoms with E-state index in [1.165, 1.54) is 38.6 Å². The van der Waals surface area contributed by atoms with Gasteiger partial charge in [0.2, 0.25) is 5.89 Å². The van der Waals surface area contributed by atoms with Crippen LogP contribution in [0.1, 0.15) is 0 Å². The fourth-order valence-electron chi connectivity index (χ4n) is 7.82. The van der Waals surface area contributed by atoms with E-state index in [9.17, 15) is 0 Å². The lowest BCUT2D eigenvalue weighted by molar-refractivity contribution is 0.620. The van der Waals surface area contributed by atoms with Crippen LogP contribution in [0.2, 0.25) is 0 Å². The van der Waals surface area contributed by atoms with Crippen LogP contribution in [0.5, 0.6) is 0 Å². The summed E-state index contributed by atoms with van der Waals surface area (Å²) in [4.78, 5) is 7.17. The number of benzene rings is 9. The van der Waals surface area contributed by atoms with Crippen LogP contribution in [0.25, 0.3) is 77.8 Å². The summed E-state index contributed by atoms with van der Waals surface area (Å²) in [5.41, 5.74) is 15.2. The summed E-state index contributed by atoms with van der Waals surface area (Å²) in [6, 6.07) is 77.0. The van der Waals surface area contributed by atoms with E-state index >= 15 is 0 Å². The van der Waals surface area contributed by atoms with Gasteiger partial charge in [0.05, 0.1) is 0 Å². The molecule has 1 aromatic heterocycles. The molecule has 0 aliphatic carbocycles. The predicted octanol–water partition coefficient (Wildman–Crippen LogP) is 14.8. The van der Waals surface area contributed by atoms with Crippen molar-refractivity contribution in [2.75, 3.05) is 4.90 Å². The molecule has 1 heterocycles. The summed E-state index contributed by atoms with van der Waals surface area (Å²) >= 11 is 0. The molecule has 0 bridgehead atoms. The summed E-state index contributed by atoms with van der Waals surface area (Å²) < 4.78 is 6.39. The SMILES string of the molecule is c1ccc(N(c2ccccc2)c2ccc(-c3ccccc3-c3ccccc3-c3ccc(-c4nc5ccc(-c6cccc7ccccc67)cc5o4)cc3)cc2)cc1. The number of anilines is 3. The van der Waals surface area contributed by atoms with Crippen LogP contribution < -0.4 is 4.90 Å². The highest BCUT2D eigenvalue weighted by Crippen LogP contribution is 2.41. The van der Waals surface area contributed by atoms with Crippen LogP contribution >= 0.6 is 0 Å². The molecule has 0 aliphatic rings. The van der Waals surface area contributed by atoms with Crippen molar-refractivity contribution in [2.45, 2.75) is 0 Å². The van der Waals surface area contributed by atoms with E-state index in [1.54, 1.807) is 0 Å². The number of para-hydroxylation sites is 2. The van der Waals surface area contributed by atoms with Gasteiger partial charge >= 0.3 is 0 Å². The molecule has 3 heteroatoms. The van der Waals surface area contributed by atoms with Crippen LogP contribution in [0.15, 0.2) is 223 Å². The van der Waals surface area contributed by atoms with E-state index in [-0.39, 0.29) is 0 Å². The van der Waals surface area contributed by atoms with Gasteiger partial charge in [-0.15, -0.1) is 0 Å². The average Bonchev–Trinajstić information content (AvgIpc) is 3.71. The lowest BCUT2D eigenvalue weighted by atomic mass is 9.89. The highest BCUT2D eigenvalue weighted by Gasteiger charge is 2.16. The molecule has 56 heavy (non-hydrogen) atoms. The van der Waals surface area contributed by atoms with Gasteiger partial charge in [0.1, 0.15) is 5.52 Å². The first-order valence-corrected chi connectivity index (χ1v) is 19.0. The number of hydrogen-bond donors (Lipinski definition) is 0. The van der Waals surface area contributed by atoms with Crippen LogP contribution in [-0.4, -0.2) is 4.98 Å². The van der Waals surface area contributed by atoms with Gasteiger partial charge in [-0.1, -0.05) is 158 Å². The first-order chi connectivity index (χ1) is 27.8. The molecule has 0 fully saturated rings. The Morgan fingerprint density at radius 1 is 0.339 bits per heavy atom. The van der Waals surface area contributed by atoms with E-state index < -0.39 is 0 Å². The minimum atomic E-state index is 0.613. The Morgan fingerprint density at radius 3 is 1.45 bits per heavy atom. The van der Waals surface area contributed by atoms with Crippen molar-refractivity contribution in [1.82, 2.24) is 4.98 Å². The van der Waals surface area contributed by atoms with Gasteiger partial charge in [-0.25, -0.2) is 4.98 Å². The fourth-order valence-corrected chi connectivity index (χ4v) is 7.82. The van der Waals surface area contributed by atoms with Crippen LogP contribution in [0.4, 0.5) is 17.1 Å². The molecule has 264 valence electrons. The standard InChI is InChI=1S/C53H36N2O/c1-3-16-42(17-4-1)55(43-18-5-2-6-19-43)44-33-30-39(31-34-44)47-22-10-12-24-50(47)49-23-11-9-21-46(49)38-26-28-40(29-27-38)53-54-51-35-32-41(36-52(51)56-53)48-25-13-15-37-14-7-8-20-45(37)48/h1-36H. The van der Waals surface area contributed by atoms with Gasteiger partial charge in [0, 0.05) is 22.6 Å². The number of rotatable bonds is 8. The third-order valence-electron chi connectivity index (χ3n) is 10.5. The van der Waals surface area contributed by atoms with E-state index in [0.717, 1.165) is 50.4 Å². The van der Waals surface area contributed by atoms with Crippen molar-refractivity contribution in [3.05, 3.63) is 218 Å². The van der Waals surface area contributed by atoms with Gasteiger partial charge in [0.15, 0.2) is 5.58 Å². The molecule has 0 amide bonds. The fraction of sp³-hybridized carbons (Fsp3) is 0. The molecule has 0 aliphatic heterocycles. The molecular weight excluding hydrogens is 681 g/mol. The molecule has 0 spiro atoms. The zero-order valence-corrected chi connectivity index (χ0v) is 30.6. The maximum atomic E-state index is 6.39. The molecule has 0 unspecified atom stereocenters. The third kappa shape index (κ3) is 6.21. The third-order valence-corrected chi connectivity index (χ3v) is 10.5. The highest BCUT2D eigenvalue weighted by molar-refractivity contribution is 5.98. The molecule has 0 radical (unpaired) electrons. The summed E-state index contributed by atoms with van der Waals surface area (Å²) in [6.07, 6.45) is 0. The molecule has 0 saturated heterocycles. The molecule has 10 rings (SSSR count). The summed E-state index contributed by atoms with van der Waals surface area (Å²) in [5, 5.41) is 2.44. The van der Waals surface area contributed by atoms with Gasteiger partial charge in [-0.2, -0.15) is 0 Å². The molecule has 9 aromatic carbocycles. The summed E-state index contributed by atoms with van der Waals surface area (Å²) in [5.74, 6) is 0.613. The van der Waals surface area contributed by atoms with Crippen LogP contribution in [0, 0.1) is 0 Å². The van der Waals surface area contributed by atoms with E-state index in [0.29, 0.717) is 5.89 Å². The second-order valence-corrected chi connectivity index (χ2v) is 14.0. The molecule has 10 aromatic rings. The van der Waals surface area contributed by atoms with E-state index in [2.05, 4.69) is 223 Å². The Balaban J connectivity index is 0.956. The van der Waals surface area contributed by atoms with Gasteiger partial charge < -0.3 is 9.32 Å². The zero-order valence-electron chi connectivity index (χ0n) is 30.6. The lowest BCUT2D eigenvalue weighted by Crippen LogP contribution is -2.09. The van der Waals surface area contributed by atoms with Crippen molar-refractivity contribution >= 4 is 38.9 Å². The smallest absolute Gasteiger partial charge is 0.227 e. The Morgan fingerprint density at radius 2 is 0.804 bits per heavy atom. The second kappa shape index (κ2) is 14.4. The van der Waals surface area contributed by atoms with Crippen molar-refractivity contribution in [3.63, 3.8) is 0 Å². The predicted molar refractivity (Wildman–Crippen MR) is 233 cm³/mol. The first kappa shape index (κ1) is 33.1. The maximum absolute atomic E-state index is 6.39.